The van der Waals surface area contributed by atoms with Gasteiger partial charge in [-0.3, -0.25) is 4.79 Å². The molecule has 7 rings (SSSR count). The lowest BCUT2D eigenvalue weighted by Crippen LogP contribution is -2.35. The van der Waals surface area contributed by atoms with Crippen molar-refractivity contribution in [3.8, 4) is 16.9 Å². The van der Waals surface area contributed by atoms with Crippen molar-refractivity contribution >= 4 is 11.4 Å². The molecule has 1 saturated heterocycles. The number of nitrogens with zero attached hydrogens (tertiary/aromatic N) is 5. The number of alkyl halides is 2. The monoisotopic (exact) mass is 533 g/mol. The predicted octanol–water partition coefficient (Wildman–Crippen LogP) is 4.05. The molecule has 0 saturated carbocycles. The first-order valence-electron chi connectivity index (χ1n) is 12.8. The molecule has 1 fully saturated rings. The van der Waals surface area contributed by atoms with Crippen molar-refractivity contribution < 1.29 is 28.2 Å². The molecule has 1 N–H and O–H groups in total. The van der Waals surface area contributed by atoms with Crippen LogP contribution in [0.1, 0.15) is 64.2 Å². The topological polar surface area (TPSA) is 102 Å². The van der Waals surface area contributed by atoms with Gasteiger partial charge in [0.05, 0.1) is 17.3 Å². The fourth-order valence-corrected chi connectivity index (χ4v) is 6.19. The number of aliphatic hydroxyl groups is 1. The number of carbonyl (C=O) groups excluding carboxylic acids is 1. The van der Waals surface area contributed by atoms with E-state index in [1.807, 2.05) is 18.3 Å². The average Bonchev–Trinajstić information content (AvgIpc) is 3.46. The van der Waals surface area contributed by atoms with E-state index in [4.69, 9.17) is 14.6 Å². The molecule has 1 aromatic carbocycles. The number of halogens is 2. The molecule has 5 heterocycles. The lowest BCUT2D eigenvalue weighted by molar-refractivity contribution is -0.0733. The minimum atomic E-state index is -3.01. The van der Waals surface area contributed by atoms with Crippen LogP contribution < -0.4 is 4.74 Å². The average molecular weight is 534 g/mol. The lowest BCUT2D eigenvalue weighted by atomic mass is 9.88. The second-order valence-electron chi connectivity index (χ2n) is 10.3. The third-order valence-corrected chi connectivity index (χ3v) is 8.20. The van der Waals surface area contributed by atoms with Crippen LogP contribution in [0.5, 0.6) is 5.75 Å². The Labute approximate surface area is 222 Å². The molecule has 1 aliphatic carbocycles. The molecular weight excluding hydrogens is 508 g/mol. The van der Waals surface area contributed by atoms with Crippen LogP contribution in [0.4, 0.5) is 8.78 Å². The van der Waals surface area contributed by atoms with Gasteiger partial charge in [-0.1, -0.05) is 6.07 Å². The van der Waals surface area contributed by atoms with Gasteiger partial charge in [0.2, 0.25) is 0 Å². The van der Waals surface area contributed by atoms with E-state index in [1.165, 1.54) is 6.07 Å². The third kappa shape index (κ3) is 3.71. The molecule has 4 aromatic rings. The lowest BCUT2D eigenvalue weighted by Gasteiger charge is -2.30. The van der Waals surface area contributed by atoms with E-state index in [-0.39, 0.29) is 23.6 Å². The smallest absolute Gasteiger partial charge is 0.387 e. The number of hydrogen-bond acceptors (Lipinski definition) is 7. The SMILES string of the molecule is CN1C(=O)c2cccc(OC(F)F)c2[C@H]2C[C@@H]1c1nn3ccc(-c4cnc(C5(O)CCOCC5)nc4)cc3c12. The molecule has 3 aromatic heterocycles. The van der Waals surface area contributed by atoms with Crippen LogP contribution in [0.25, 0.3) is 16.6 Å². The van der Waals surface area contributed by atoms with Crippen molar-refractivity contribution in [3.05, 3.63) is 77.1 Å². The third-order valence-electron chi connectivity index (χ3n) is 8.20. The summed E-state index contributed by atoms with van der Waals surface area (Å²) in [5, 5.41) is 15.7. The second-order valence-corrected chi connectivity index (χ2v) is 10.3. The summed E-state index contributed by atoms with van der Waals surface area (Å²) in [5.41, 5.74) is 3.78. The van der Waals surface area contributed by atoms with Crippen molar-refractivity contribution in [3.63, 3.8) is 0 Å². The number of pyridine rings is 1. The summed E-state index contributed by atoms with van der Waals surface area (Å²) in [5.74, 6) is -0.211. The molecule has 0 spiro atoms. The van der Waals surface area contributed by atoms with Crippen molar-refractivity contribution in [1.82, 2.24) is 24.5 Å². The summed E-state index contributed by atoms with van der Waals surface area (Å²) in [6.07, 6.45) is 6.63. The van der Waals surface area contributed by atoms with Crippen LogP contribution in [-0.2, 0) is 10.3 Å². The minimum Gasteiger partial charge on any atom is -0.434 e. The van der Waals surface area contributed by atoms with Crippen molar-refractivity contribution in [2.75, 3.05) is 20.3 Å². The molecule has 39 heavy (non-hydrogen) atoms. The van der Waals surface area contributed by atoms with Gasteiger partial charge >= 0.3 is 6.61 Å². The molecule has 0 unspecified atom stereocenters. The Hall–Kier alpha value is -3.96. The molecule has 11 heteroatoms. The molecule has 0 radical (unpaired) electrons. The molecule has 2 bridgehead atoms. The standard InChI is InChI=1S/C28H25F2N5O4/c1-34-20-12-18(22-17(25(34)36)3-2-4-21(22)39-27(29)30)23-19-11-15(5-8-35(19)33-24(20)23)16-13-31-26(32-14-16)28(37)6-9-38-10-7-28/h2-5,8,11,13-14,18,20,27,37H,6-7,9-10,12H2,1H3/t18-,20-/m1/s1. The van der Waals surface area contributed by atoms with E-state index in [9.17, 15) is 18.7 Å². The highest BCUT2D eigenvalue weighted by atomic mass is 19.3. The highest BCUT2D eigenvalue weighted by molar-refractivity contribution is 5.98. The van der Waals surface area contributed by atoms with E-state index in [0.29, 0.717) is 49.4 Å². The van der Waals surface area contributed by atoms with E-state index in [1.54, 1.807) is 41.0 Å². The van der Waals surface area contributed by atoms with E-state index in [2.05, 4.69) is 9.97 Å². The first kappa shape index (κ1) is 24.1. The Morgan fingerprint density at radius 1 is 1.13 bits per heavy atom. The van der Waals surface area contributed by atoms with Crippen molar-refractivity contribution in [2.45, 2.75) is 43.4 Å². The minimum absolute atomic E-state index is 0.00767. The number of benzene rings is 1. The van der Waals surface area contributed by atoms with Crippen LogP contribution in [-0.4, -0.2) is 62.4 Å². The van der Waals surface area contributed by atoms with E-state index < -0.39 is 12.2 Å². The number of carbonyl (C=O) groups is 1. The molecule has 2 atom stereocenters. The highest BCUT2D eigenvalue weighted by Crippen LogP contribution is 2.53. The maximum atomic E-state index is 13.3. The number of amides is 1. The van der Waals surface area contributed by atoms with Crippen LogP contribution in [0, 0.1) is 0 Å². The zero-order valence-electron chi connectivity index (χ0n) is 21.1. The molecule has 1 amide bonds. The van der Waals surface area contributed by atoms with Gasteiger partial charge in [-0.2, -0.15) is 13.9 Å². The Morgan fingerprint density at radius 3 is 2.64 bits per heavy atom. The Kier molecular flexibility index (Phi) is 5.43. The van der Waals surface area contributed by atoms with E-state index in [0.717, 1.165) is 27.9 Å². The van der Waals surface area contributed by atoms with Crippen LogP contribution in [0.2, 0.25) is 0 Å². The highest BCUT2D eigenvalue weighted by Gasteiger charge is 2.46. The van der Waals surface area contributed by atoms with Gasteiger partial charge in [-0.15, -0.1) is 0 Å². The molecule has 9 nitrogen and oxygen atoms in total. The summed E-state index contributed by atoms with van der Waals surface area (Å²) in [6.45, 7) is -2.09. The van der Waals surface area contributed by atoms with Crippen LogP contribution >= 0.6 is 0 Å². The van der Waals surface area contributed by atoms with Gasteiger partial charge in [0, 0.05) is 79.9 Å². The molecule has 3 aliphatic rings. The zero-order valence-corrected chi connectivity index (χ0v) is 21.1. The van der Waals surface area contributed by atoms with Gasteiger partial charge in [-0.25, -0.2) is 14.5 Å². The van der Waals surface area contributed by atoms with Gasteiger partial charge in [0.15, 0.2) is 5.82 Å². The number of fused-ring (bicyclic) bond motifs is 9. The Balaban J connectivity index is 1.33. The van der Waals surface area contributed by atoms with Gasteiger partial charge < -0.3 is 19.5 Å². The van der Waals surface area contributed by atoms with Gasteiger partial charge in [-0.05, 0) is 36.2 Å². The summed E-state index contributed by atoms with van der Waals surface area (Å²) >= 11 is 0. The molecule has 200 valence electrons. The Bertz CT molecular complexity index is 1600. The fraction of sp³-hybridized carbons (Fsp3) is 0.357. The fourth-order valence-electron chi connectivity index (χ4n) is 6.19. The Morgan fingerprint density at radius 2 is 1.90 bits per heavy atom. The number of ether oxygens (including phenoxy) is 2. The summed E-state index contributed by atoms with van der Waals surface area (Å²) in [6, 6.07) is 8.29. The normalized spacial score (nSPS) is 21.7. The summed E-state index contributed by atoms with van der Waals surface area (Å²) in [7, 11) is 1.72. The zero-order chi connectivity index (χ0) is 26.9. The van der Waals surface area contributed by atoms with Gasteiger partial charge in [0.1, 0.15) is 11.4 Å². The predicted molar refractivity (Wildman–Crippen MR) is 135 cm³/mol. The van der Waals surface area contributed by atoms with Crippen molar-refractivity contribution in [1.29, 1.82) is 0 Å². The first-order valence-corrected chi connectivity index (χ1v) is 12.8. The van der Waals surface area contributed by atoms with Crippen LogP contribution in [0.3, 0.4) is 0 Å². The molecular formula is C28H25F2N5O4. The summed E-state index contributed by atoms with van der Waals surface area (Å²) < 4.78 is 38.7. The maximum absolute atomic E-state index is 13.3. The van der Waals surface area contributed by atoms with Crippen molar-refractivity contribution in [2.24, 2.45) is 0 Å². The van der Waals surface area contributed by atoms with Gasteiger partial charge in [0.25, 0.3) is 5.91 Å². The number of rotatable bonds is 4. The summed E-state index contributed by atoms with van der Waals surface area (Å²) in [4.78, 5) is 23.9. The number of hydrogen-bond donors (Lipinski definition) is 1. The number of aromatic nitrogens is 4. The second kappa shape index (κ2) is 8.78. The molecule has 2 aliphatic heterocycles. The maximum Gasteiger partial charge on any atom is 0.387 e. The largest absolute Gasteiger partial charge is 0.434 e. The first-order chi connectivity index (χ1) is 18.8. The van der Waals surface area contributed by atoms with Crippen LogP contribution in [0.15, 0.2) is 48.9 Å². The quantitative estimate of drug-likeness (QED) is 0.422. The van der Waals surface area contributed by atoms with E-state index >= 15 is 0 Å².